The summed E-state index contributed by atoms with van der Waals surface area (Å²) in [4.78, 5) is 8.01. The lowest BCUT2D eigenvalue weighted by Gasteiger charge is -2.17. The van der Waals surface area contributed by atoms with E-state index in [4.69, 9.17) is 17.3 Å². The zero-order chi connectivity index (χ0) is 12.3. The number of rotatable bonds is 2. The molecule has 0 amide bonds. The van der Waals surface area contributed by atoms with E-state index >= 15 is 0 Å². The highest BCUT2D eigenvalue weighted by Crippen LogP contribution is 2.28. The molecule has 5 heteroatoms. The van der Waals surface area contributed by atoms with Crippen LogP contribution in [0.5, 0.6) is 0 Å². The summed E-state index contributed by atoms with van der Waals surface area (Å²) in [6.45, 7) is 2.32. The maximum Gasteiger partial charge on any atom is 0.150 e. The Labute approximate surface area is 107 Å². The Morgan fingerprint density at radius 3 is 2.94 bits per heavy atom. The molecule has 4 nitrogen and oxygen atoms in total. The van der Waals surface area contributed by atoms with Gasteiger partial charge in [-0.05, 0) is 25.2 Å². The molecule has 1 saturated carbocycles. The van der Waals surface area contributed by atoms with Gasteiger partial charge in [0.05, 0.1) is 0 Å². The van der Waals surface area contributed by atoms with Crippen LogP contribution < -0.4 is 11.1 Å². The molecular weight excluding hydrogens is 236 g/mol. The van der Waals surface area contributed by atoms with E-state index in [0.29, 0.717) is 22.7 Å². The van der Waals surface area contributed by atoms with Crippen LogP contribution in [0, 0.1) is 5.92 Å². The van der Waals surface area contributed by atoms with Crippen molar-refractivity contribution in [2.75, 3.05) is 11.1 Å². The van der Waals surface area contributed by atoms with Crippen LogP contribution in [-0.4, -0.2) is 16.0 Å². The normalized spacial score (nSPS) is 25.3. The monoisotopic (exact) mass is 254 g/mol. The van der Waals surface area contributed by atoms with Gasteiger partial charge in [0.15, 0.2) is 5.82 Å². The number of nitrogens with zero attached hydrogens (tertiary/aromatic N) is 2. The molecule has 1 aromatic rings. The smallest absolute Gasteiger partial charge is 0.150 e. The van der Waals surface area contributed by atoms with Crippen LogP contribution in [-0.2, 0) is 0 Å². The van der Waals surface area contributed by atoms with Crippen molar-refractivity contribution in [2.24, 2.45) is 5.92 Å². The van der Waals surface area contributed by atoms with E-state index in [1.165, 1.54) is 38.4 Å². The molecule has 0 aliphatic heterocycles. The average Bonchev–Trinajstić information content (AvgIpc) is 2.50. The maximum atomic E-state index is 6.07. The van der Waals surface area contributed by atoms with Gasteiger partial charge in [0.1, 0.15) is 17.2 Å². The van der Waals surface area contributed by atoms with Gasteiger partial charge in [0.2, 0.25) is 0 Å². The maximum absolute atomic E-state index is 6.07. The number of aromatic nitrogens is 2. The van der Waals surface area contributed by atoms with E-state index in [-0.39, 0.29) is 0 Å². The summed E-state index contributed by atoms with van der Waals surface area (Å²) in [5.41, 5.74) is 5.66. The summed E-state index contributed by atoms with van der Waals surface area (Å²) in [5, 5.41) is 3.82. The van der Waals surface area contributed by atoms with Crippen LogP contribution in [0.4, 0.5) is 11.6 Å². The Hall–Kier alpha value is -1.03. The second-order valence-electron chi connectivity index (χ2n) is 4.88. The third-order valence-electron chi connectivity index (χ3n) is 3.41. The molecule has 17 heavy (non-hydrogen) atoms. The first-order chi connectivity index (χ1) is 8.16. The zero-order valence-electron chi connectivity index (χ0n) is 10.1. The zero-order valence-corrected chi connectivity index (χ0v) is 10.9. The van der Waals surface area contributed by atoms with Gasteiger partial charge >= 0.3 is 0 Å². The van der Waals surface area contributed by atoms with Crippen molar-refractivity contribution in [1.82, 2.24) is 9.97 Å². The Kier molecular flexibility index (Phi) is 4.05. The SMILES string of the molecule is CC1CCCC(Nc2ncnc(N)c2Cl)CC1. The first-order valence-corrected chi connectivity index (χ1v) is 6.57. The molecule has 1 fully saturated rings. The predicted molar refractivity (Wildman–Crippen MR) is 71.1 cm³/mol. The fraction of sp³-hybridized carbons (Fsp3) is 0.667. The molecule has 94 valence electrons. The van der Waals surface area contributed by atoms with Crippen LogP contribution in [0.25, 0.3) is 0 Å². The lowest BCUT2D eigenvalue weighted by Crippen LogP contribution is -2.19. The topological polar surface area (TPSA) is 63.8 Å². The molecule has 2 rings (SSSR count). The van der Waals surface area contributed by atoms with Crippen LogP contribution in [0.2, 0.25) is 5.02 Å². The highest BCUT2D eigenvalue weighted by atomic mass is 35.5. The van der Waals surface area contributed by atoms with Gasteiger partial charge in [-0.3, -0.25) is 0 Å². The lowest BCUT2D eigenvalue weighted by molar-refractivity contribution is 0.502. The molecule has 3 N–H and O–H groups in total. The highest BCUT2D eigenvalue weighted by Gasteiger charge is 2.17. The average molecular weight is 255 g/mol. The number of nitrogen functional groups attached to an aromatic ring is 1. The van der Waals surface area contributed by atoms with E-state index in [1.807, 2.05) is 0 Å². The third kappa shape index (κ3) is 3.22. The molecule has 0 radical (unpaired) electrons. The fourth-order valence-corrected chi connectivity index (χ4v) is 2.46. The number of hydrogen-bond donors (Lipinski definition) is 2. The molecule has 0 bridgehead atoms. The third-order valence-corrected chi connectivity index (χ3v) is 3.79. The molecule has 1 aromatic heterocycles. The summed E-state index contributed by atoms with van der Waals surface area (Å²) in [7, 11) is 0. The van der Waals surface area contributed by atoms with Crippen molar-refractivity contribution in [3.8, 4) is 0 Å². The Bertz CT molecular complexity index is 383. The number of nitrogens with two attached hydrogens (primary N) is 1. The molecule has 1 aliphatic rings. The molecule has 1 aliphatic carbocycles. The van der Waals surface area contributed by atoms with Crippen molar-refractivity contribution in [3.05, 3.63) is 11.3 Å². The van der Waals surface area contributed by atoms with Gasteiger partial charge in [-0.25, -0.2) is 9.97 Å². The second-order valence-corrected chi connectivity index (χ2v) is 5.25. The van der Waals surface area contributed by atoms with Crippen molar-refractivity contribution in [2.45, 2.75) is 45.1 Å². The van der Waals surface area contributed by atoms with E-state index < -0.39 is 0 Å². The molecule has 0 spiro atoms. The largest absolute Gasteiger partial charge is 0.382 e. The minimum absolute atomic E-state index is 0.339. The van der Waals surface area contributed by atoms with Crippen LogP contribution in [0.3, 0.4) is 0 Å². The molecule has 1 heterocycles. The standard InChI is InChI=1S/C12H19ClN4/c1-8-3-2-4-9(6-5-8)17-12-10(13)11(14)15-7-16-12/h7-9H,2-6H2,1H3,(H3,14,15,16,17). The van der Waals surface area contributed by atoms with Crippen LogP contribution >= 0.6 is 11.6 Å². The van der Waals surface area contributed by atoms with Crippen molar-refractivity contribution in [3.63, 3.8) is 0 Å². The van der Waals surface area contributed by atoms with Gasteiger partial charge in [-0.2, -0.15) is 0 Å². The van der Waals surface area contributed by atoms with Gasteiger partial charge in [-0.15, -0.1) is 0 Å². The number of nitrogens with one attached hydrogen (secondary N) is 1. The van der Waals surface area contributed by atoms with Crippen molar-refractivity contribution < 1.29 is 0 Å². The summed E-state index contributed by atoms with van der Waals surface area (Å²) in [5.74, 6) is 1.83. The van der Waals surface area contributed by atoms with E-state index in [9.17, 15) is 0 Å². The van der Waals surface area contributed by atoms with Crippen LogP contribution in [0.1, 0.15) is 39.0 Å². The van der Waals surface area contributed by atoms with Gasteiger partial charge in [0, 0.05) is 6.04 Å². The molecular formula is C12H19ClN4. The van der Waals surface area contributed by atoms with Crippen LogP contribution in [0.15, 0.2) is 6.33 Å². The Morgan fingerprint density at radius 1 is 1.29 bits per heavy atom. The first kappa shape index (κ1) is 12.4. The quantitative estimate of drug-likeness (QED) is 0.796. The van der Waals surface area contributed by atoms with Gasteiger partial charge in [0.25, 0.3) is 0 Å². The molecule has 0 saturated heterocycles. The molecule has 2 unspecified atom stereocenters. The summed E-state index contributed by atoms with van der Waals surface area (Å²) in [6.07, 6.45) is 7.62. The summed E-state index contributed by atoms with van der Waals surface area (Å²) >= 11 is 6.07. The minimum Gasteiger partial charge on any atom is -0.382 e. The minimum atomic E-state index is 0.339. The first-order valence-electron chi connectivity index (χ1n) is 6.19. The summed E-state index contributed by atoms with van der Waals surface area (Å²) < 4.78 is 0. The molecule has 2 atom stereocenters. The van der Waals surface area contributed by atoms with E-state index in [0.717, 1.165) is 5.92 Å². The van der Waals surface area contributed by atoms with E-state index in [1.54, 1.807) is 0 Å². The van der Waals surface area contributed by atoms with E-state index in [2.05, 4.69) is 22.2 Å². The number of halogens is 1. The van der Waals surface area contributed by atoms with Crippen molar-refractivity contribution >= 4 is 23.2 Å². The molecule has 0 aromatic carbocycles. The second kappa shape index (κ2) is 5.54. The lowest BCUT2D eigenvalue weighted by atomic mass is 10.0. The summed E-state index contributed by atoms with van der Waals surface area (Å²) in [6, 6.07) is 0.451. The number of anilines is 2. The Morgan fingerprint density at radius 2 is 2.12 bits per heavy atom. The van der Waals surface area contributed by atoms with Crippen molar-refractivity contribution in [1.29, 1.82) is 0 Å². The fourth-order valence-electron chi connectivity index (χ4n) is 2.31. The number of hydrogen-bond acceptors (Lipinski definition) is 4. The van der Waals surface area contributed by atoms with Gasteiger partial charge in [-0.1, -0.05) is 31.4 Å². The highest BCUT2D eigenvalue weighted by molar-refractivity contribution is 6.35. The van der Waals surface area contributed by atoms with Gasteiger partial charge < -0.3 is 11.1 Å². The predicted octanol–water partition coefficient (Wildman–Crippen LogP) is 3.09. The Balaban J connectivity index is 2.02.